The summed E-state index contributed by atoms with van der Waals surface area (Å²) in [7, 11) is 0. The molecule has 0 rings (SSSR count). The van der Waals surface area contributed by atoms with Crippen molar-refractivity contribution in [3.63, 3.8) is 0 Å². The van der Waals surface area contributed by atoms with Gasteiger partial charge in [0.05, 0.1) is 0 Å². The molecule has 0 spiro atoms. The van der Waals surface area contributed by atoms with Gasteiger partial charge in [-0.2, -0.15) is 0 Å². The zero-order valence-electron chi connectivity index (χ0n) is 37.9. The average molecular weight is 801 g/mol. The van der Waals surface area contributed by atoms with Gasteiger partial charge in [-0.15, -0.1) is 0 Å². The second kappa shape index (κ2) is 46.3. The van der Waals surface area contributed by atoms with E-state index in [0.29, 0.717) is 19.3 Å². The molecule has 0 N–H and O–H groups in total. The van der Waals surface area contributed by atoms with Crippen LogP contribution in [0.3, 0.4) is 0 Å². The molecule has 0 saturated heterocycles. The zero-order chi connectivity index (χ0) is 41.5. The summed E-state index contributed by atoms with van der Waals surface area (Å²) in [6.07, 6.45) is 52.7. The van der Waals surface area contributed by atoms with Crippen molar-refractivity contribution in [2.75, 3.05) is 13.2 Å². The van der Waals surface area contributed by atoms with Crippen molar-refractivity contribution in [3.8, 4) is 0 Å². The highest BCUT2D eigenvalue weighted by Gasteiger charge is 2.19. The Kier molecular flexibility index (Phi) is 44.4. The first-order valence-corrected chi connectivity index (χ1v) is 24.5. The second-order valence-corrected chi connectivity index (χ2v) is 16.4. The Hall–Kier alpha value is -2.37. The Balaban J connectivity index is 4.36. The zero-order valence-corrected chi connectivity index (χ0v) is 37.9. The fraction of sp³-hybridized carbons (Fsp3) is 0.824. The van der Waals surface area contributed by atoms with Crippen LogP contribution in [-0.4, -0.2) is 37.2 Å². The van der Waals surface area contributed by atoms with Gasteiger partial charge in [0.15, 0.2) is 6.10 Å². The fourth-order valence-electron chi connectivity index (χ4n) is 6.88. The van der Waals surface area contributed by atoms with Crippen LogP contribution in [0, 0.1) is 0 Å². The minimum absolute atomic E-state index is 0.0780. The van der Waals surface area contributed by atoms with Crippen molar-refractivity contribution in [1.29, 1.82) is 0 Å². The lowest BCUT2D eigenvalue weighted by molar-refractivity contribution is -0.167. The van der Waals surface area contributed by atoms with Crippen LogP contribution in [0.4, 0.5) is 0 Å². The number of ether oxygens (including phenoxy) is 3. The molecular formula is C51H92O6. The number of carbonyl (C=O) groups excluding carboxylic acids is 3. The lowest BCUT2D eigenvalue weighted by Crippen LogP contribution is -2.30. The summed E-state index contributed by atoms with van der Waals surface area (Å²) in [5, 5.41) is 0. The number of carbonyl (C=O) groups is 3. The van der Waals surface area contributed by atoms with Gasteiger partial charge < -0.3 is 14.2 Å². The summed E-state index contributed by atoms with van der Waals surface area (Å²) in [5.41, 5.74) is 0. The molecule has 0 aliphatic carbocycles. The topological polar surface area (TPSA) is 78.9 Å². The third-order valence-corrected chi connectivity index (χ3v) is 10.6. The van der Waals surface area contributed by atoms with E-state index < -0.39 is 6.10 Å². The SMILES string of the molecule is CCCCC/C=C/C/C=C/CCCCCCCC(=O)OCC(COC(=O)CCCCCCCCCCC)OC(=O)CCCCCCC/C=C/CCCCCCCC. The van der Waals surface area contributed by atoms with Gasteiger partial charge in [0.25, 0.3) is 0 Å². The van der Waals surface area contributed by atoms with E-state index in [2.05, 4.69) is 57.2 Å². The number of allylic oxidation sites excluding steroid dienone is 6. The van der Waals surface area contributed by atoms with Crippen LogP contribution in [-0.2, 0) is 28.6 Å². The maximum Gasteiger partial charge on any atom is 0.306 e. The molecule has 6 nitrogen and oxygen atoms in total. The van der Waals surface area contributed by atoms with Crippen LogP contribution < -0.4 is 0 Å². The Bertz CT molecular complexity index is 969. The largest absolute Gasteiger partial charge is 0.462 e. The van der Waals surface area contributed by atoms with E-state index in [0.717, 1.165) is 83.5 Å². The van der Waals surface area contributed by atoms with Crippen molar-refractivity contribution in [1.82, 2.24) is 0 Å². The summed E-state index contributed by atoms with van der Waals surface area (Å²) in [6, 6.07) is 0. The van der Waals surface area contributed by atoms with Crippen LogP contribution in [0.1, 0.15) is 252 Å². The van der Waals surface area contributed by atoms with Gasteiger partial charge in [0.1, 0.15) is 13.2 Å². The molecule has 57 heavy (non-hydrogen) atoms. The maximum absolute atomic E-state index is 12.7. The van der Waals surface area contributed by atoms with Crippen LogP contribution in [0.5, 0.6) is 0 Å². The molecule has 0 aromatic heterocycles. The van der Waals surface area contributed by atoms with Gasteiger partial charge in [-0.05, 0) is 77.0 Å². The number of unbranched alkanes of at least 4 members (excludes halogenated alkanes) is 27. The molecule has 0 bridgehead atoms. The van der Waals surface area contributed by atoms with Gasteiger partial charge in [-0.25, -0.2) is 0 Å². The predicted molar refractivity (Wildman–Crippen MR) is 242 cm³/mol. The van der Waals surface area contributed by atoms with E-state index in [-0.39, 0.29) is 31.1 Å². The monoisotopic (exact) mass is 801 g/mol. The minimum atomic E-state index is -0.777. The van der Waals surface area contributed by atoms with E-state index in [1.165, 1.54) is 128 Å². The molecule has 0 aromatic rings. The summed E-state index contributed by atoms with van der Waals surface area (Å²) < 4.78 is 16.7. The van der Waals surface area contributed by atoms with Gasteiger partial charge in [0.2, 0.25) is 0 Å². The number of hydrogen-bond acceptors (Lipinski definition) is 6. The van der Waals surface area contributed by atoms with Crippen LogP contribution in [0.2, 0.25) is 0 Å². The van der Waals surface area contributed by atoms with Crippen LogP contribution in [0.25, 0.3) is 0 Å². The molecule has 0 amide bonds. The van der Waals surface area contributed by atoms with Crippen molar-refractivity contribution in [2.24, 2.45) is 0 Å². The number of rotatable bonds is 44. The molecular weight excluding hydrogens is 709 g/mol. The Labute approximate surface area is 353 Å². The maximum atomic E-state index is 12.7. The quantitative estimate of drug-likeness (QED) is 0.0264. The summed E-state index contributed by atoms with van der Waals surface area (Å²) in [6.45, 7) is 6.57. The summed E-state index contributed by atoms with van der Waals surface area (Å²) in [5.74, 6) is -0.898. The first kappa shape index (κ1) is 54.6. The highest BCUT2D eigenvalue weighted by Crippen LogP contribution is 2.14. The fourth-order valence-corrected chi connectivity index (χ4v) is 6.88. The molecule has 0 aromatic carbocycles. The van der Waals surface area contributed by atoms with Crippen LogP contribution in [0.15, 0.2) is 36.5 Å². The number of hydrogen-bond donors (Lipinski definition) is 0. The molecule has 1 atom stereocenters. The van der Waals surface area contributed by atoms with Gasteiger partial charge in [-0.3, -0.25) is 14.4 Å². The molecule has 0 aliphatic heterocycles. The summed E-state index contributed by atoms with van der Waals surface area (Å²) >= 11 is 0. The Morgan fingerprint density at radius 3 is 1.02 bits per heavy atom. The first-order chi connectivity index (χ1) is 28.0. The molecule has 0 fully saturated rings. The van der Waals surface area contributed by atoms with Crippen molar-refractivity contribution in [2.45, 2.75) is 258 Å². The molecule has 0 saturated carbocycles. The average Bonchev–Trinajstić information content (AvgIpc) is 3.21. The predicted octanol–water partition coefficient (Wildman–Crippen LogP) is 15.8. The Morgan fingerprint density at radius 1 is 0.351 bits per heavy atom. The smallest absolute Gasteiger partial charge is 0.306 e. The molecule has 332 valence electrons. The summed E-state index contributed by atoms with van der Waals surface area (Å²) in [4.78, 5) is 37.8. The molecule has 0 heterocycles. The van der Waals surface area contributed by atoms with E-state index in [1.807, 2.05) is 0 Å². The Morgan fingerprint density at radius 2 is 0.632 bits per heavy atom. The second-order valence-electron chi connectivity index (χ2n) is 16.4. The third-order valence-electron chi connectivity index (χ3n) is 10.6. The highest BCUT2D eigenvalue weighted by atomic mass is 16.6. The lowest BCUT2D eigenvalue weighted by Gasteiger charge is -2.18. The standard InChI is InChI=1S/C51H92O6/c1-4-7-10-13-16-19-21-23-25-27-29-32-35-38-41-44-50(53)56-47-48(46-55-49(52)43-40-37-34-31-18-15-12-9-6-3)57-51(54)45-42-39-36-33-30-28-26-24-22-20-17-14-11-8-5-2/h16,19,23-26,48H,4-15,17-18,20-22,27-47H2,1-3H3/b19-16+,25-23+,26-24+. The molecule has 6 heteroatoms. The van der Waals surface area contributed by atoms with Crippen molar-refractivity contribution in [3.05, 3.63) is 36.5 Å². The lowest BCUT2D eigenvalue weighted by atomic mass is 10.1. The van der Waals surface area contributed by atoms with E-state index >= 15 is 0 Å². The van der Waals surface area contributed by atoms with Crippen molar-refractivity contribution >= 4 is 17.9 Å². The molecule has 0 aliphatic rings. The third kappa shape index (κ3) is 44.6. The van der Waals surface area contributed by atoms with Gasteiger partial charge in [0, 0.05) is 19.3 Å². The van der Waals surface area contributed by atoms with E-state index in [4.69, 9.17) is 14.2 Å². The van der Waals surface area contributed by atoms with Crippen molar-refractivity contribution < 1.29 is 28.6 Å². The highest BCUT2D eigenvalue weighted by molar-refractivity contribution is 5.71. The minimum Gasteiger partial charge on any atom is -0.462 e. The van der Waals surface area contributed by atoms with Gasteiger partial charge >= 0.3 is 17.9 Å². The number of esters is 3. The normalized spacial score (nSPS) is 12.3. The van der Waals surface area contributed by atoms with E-state index in [1.54, 1.807) is 0 Å². The van der Waals surface area contributed by atoms with Crippen LogP contribution >= 0.6 is 0 Å². The molecule has 1 unspecified atom stereocenters. The molecule has 0 radical (unpaired) electrons. The first-order valence-electron chi connectivity index (χ1n) is 24.5. The van der Waals surface area contributed by atoms with Gasteiger partial charge in [-0.1, -0.05) is 192 Å². The van der Waals surface area contributed by atoms with E-state index in [9.17, 15) is 14.4 Å².